The number of Topliss-reactive ketones (excluding diaryl/α,β-unsaturated/α-hetero) is 1. The average Bonchev–Trinajstić information content (AvgIpc) is 3.41. The number of carbonyl (C=O) groups is 3. The van der Waals surface area contributed by atoms with Gasteiger partial charge >= 0.3 is 5.97 Å². The number of esters is 1. The topological polar surface area (TPSA) is 97.0 Å². The van der Waals surface area contributed by atoms with Crippen LogP contribution in [0.5, 0.6) is 0 Å². The van der Waals surface area contributed by atoms with Crippen LogP contribution in [0.15, 0.2) is 76.9 Å². The van der Waals surface area contributed by atoms with Crippen molar-refractivity contribution in [3.8, 4) is 0 Å². The summed E-state index contributed by atoms with van der Waals surface area (Å²) < 4.78 is 10.1. The van der Waals surface area contributed by atoms with Gasteiger partial charge < -0.3 is 19.2 Å². The van der Waals surface area contributed by atoms with Crippen molar-refractivity contribution in [1.82, 2.24) is 4.90 Å². The maximum Gasteiger partial charge on any atom is 0.337 e. The fourth-order valence-corrected chi connectivity index (χ4v) is 3.75. The number of ether oxygens (including phenoxy) is 1. The van der Waals surface area contributed by atoms with Crippen molar-refractivity contribution < 1.29 is 28.6 Å². The van der Waals surface area contributed by atoms with Gasteiger partial charge in [-0.1, -0.05) is 42.0 Å². The summed E-state index contributed by atoms with van der Waals surface area (Å²) in [5.74, 6) is -1.78. The molecular formula is C25H21NO6. The van der Waals surface area contributed by atoms with Crippen LogP contribution >= 0.6 is 0 Å². The molecule has 1 N–H and O–H groups in total. The summed E-state index contributed by atoms with van der Waals surface area (Å²) in [6.07, 6.45) is 1.48. The molecule has 1 atom stereocenters. The lowest BCUT2D eigenvalue weighted by Crippen LogP contribution is -2.29. The molecule has 0 aliphatic carbocycles. The average molecular weight is 431 g/mol. The van der Waals surface area contributed by atoms with Gasteiger partial charge in [-0.2, -0.15) is 0 Å². The maximum absolute atomic E-state index is 13.0. The molecule has 0 unspecified atom stereocenters. The number of benzene rings is 2. The molecule has 162 valence electrons. The zero-order chi connectivity index (χ0) is 22.8. The summed E-state index contributed by atoms with van der Waals surface area (Å²) in [6, 6.07) is 16.0. The number of aliphatic hydroxyl groups is 1. The van der Waals surface area contributed by atoms with Crippen molar-refractivity contribution in [1.29, 1.82) is 0 Å². The predicted molar refractivity (Wildman–Crippen MR) is 116 cm³/mol. The molecule has 0 saturated carbocycles. The van der Waals surface area contributed by atoms with Crippen LogP contribution < -0.4 is 0 Å². The van der Waals surface area contributed by atoms with E-state index in [2.05, 4.69) is 0 Å². The number of aliphatic hydroxyl groups excluding tert-OH is 1. The molecule has 3 aromatic rings. The van der Waals surface area contributed by atoms with E-state index in [1.165, 1.54) is 18.3 Å². The lowest BCUT2D eigenvalue weighted by atomic mass is 9.94. The molecular weight excluding hydrogens is 410 g/mol. The number of hydrogen-bond acceptors (Lipinski definition) is 6. The van der Waals surface area contributed by atoms with Crippen molar-refractivity contribution in [3.05, 3.63) is 101 Å². The third kappa shape index (κ3) is 3.80. The Morgan fingerprint density at radius 2 is 1.69 bits per heavy atom. The molecule has 2 heterocycles. The summed E-state index contributed by atoms with van der Waals surface area (Å²) in [7, 11) is 1.29. The van der Waals surface area contributed by atoms with Crippen LogP contribution in [0.4, 0.5) is 0 Å². The number of rotatable bonds is 5. The summed E-state index contributed by atoms with van der Waals surface area (Å²) >= 11 is 0. The Labute approximate surface area is 184 Å². The highest BCUT2D eigenvalue weighted by atomic mass is 16.5. The van der Waals surface area contributed by atoms with E-state index in [9.17, 15) is 19.5 Å². The molecule has 1 amide bonds. The highest BCUT2D eigenvalue weighted by molar-refractivity contribution is 6.46. The second-order valence-electron chi connectivity index (χ2n) is 7.49. The number of carbonyl (C=O) groups excluding carboxylic acids is 3. The van der Waals surface area contributed by atoms with Gasteiger partial charge in [-0.25, -0.2) is 4.79 Å². The Kier molecular flexibility index (Phi) is 5.64. The Morgan fingerprint density at radius 1 is 1.03 bits per heavy atom. The van der Waals surface area contributed by atoms with Crippen molar-refractivity contribution in [2.75, 3.05) is 7.11 Å². The van der Waals surface area contributed by atoms with Gasteiger partial charge in [0, 0.05) is 5.56 Å². The molecule has 7 heteroatoms. The number of nitrogens with zero attached hydrogens (tertiary/aromatic N) is 1. The SMILES string of the molecule is COC(=O)c1ccc([C@@H]2/C(=C(\O)c3ccc(C)cc3)C(=O)C(=O)N2Cc2ccco2)cc1. The smallest absolute Gasteiger partial charge is 0.337 e. The first-order chi connectivity index (χ1) is 15.4. The summed E-state index contributed by atoms with van der Waals surface area (Å²) in [5.41, 5.74) is 2.31. The number of methoxy groups -OCH3 is 1. The Hall–Kier alpha value is -4.13. The molecule has 1 fully saturated rings. The highest BCUT2D eigenvalue weighted by Crippen LogP contribution is 2.40. The fourth-order valence-electron chi connectivity index (χ4n) is 3.75. The standard InChI is InChI=1S/C25H21NO6/c1-15-5-7-17(8-6-15)22(27)20-21(16-9-11-18(12-10-16)25(30)31-2)26(24(29)23(20)28)14-19-4-3-13-32-19/h3-13,21,27H,14H2,1-2H3/b22-20+/t21-/m1/s1. The van der Waals surface area contributed by atoms with E-state index in [1.807, 2.05) is 19.1 Å². The van der Waals surface area contributed by atoms with Crippen molar-refractivity contribution in [2.24, 2.45) is 0 Å². The van der Waals surface area contributed by atoms with Crippen LogP contribution in [0, 0.1) is 6.92 Å². The third-order valence-corrected chi connectivity index (χ3v) is 5.42. The second kappa shape index (κ2) is 8.55. The van der Waals surface area contributed by atoms with Gasteiger partial charge in [0.2, 0.25) is 0 Å². The van der Waals surface area contributed by atoms with Gasteiger partial charge in [-0.3, -0.25) is 9.59 Å². The number of amides is 1. The van der Waals surface area contributed by atoms with Crippen LogP contribution in [0.3, 0.4) is 0 Å². The number of likely N-dealkylation sites (tertiary alicyclic amines) is 1. The van der Waals surface area contributed by atoms with E-state index in [1.54, 1.807) is 48.5 Å². The minimum Gasteiger partial charge on any atom is -0.507 e. The Bertz CT molecular complexity index is 1190. The van der Waals surface area contributed by atoms with E-state index in [4.69, 9.17) is 9.15 Å². The third-order valence-electron chi connectivity index (χ3n) is 5.42. The monoisotopic (exact) mass is 431 g/mol. The molecule has 7 nitrogen and oxygen atoms in total. The van der Waals surface area contributed by atoms with Gasteiger partial charge in [-0.05, 0) is 36.8 Å². The predicted octanol–water partition coefficient (Wildman–Crippen LogP) is 4.00. The number of ketones is 1. The van der Waals surface area contributed by atoms with Crippen LogP contribution in [-0.2, 0) is 20.9 Å². The molecule has 0 spiro atoms. The minimum absolute atomic E-state index is 0.0174. The number of aryl methyl sites for hydroxylation is 1. The van der Waals surface area contributed by atoms with Crippen molar-refractivity contribution in [2.45, 2.75) is 19.5 Å². The molecule has 0 radical (unpaired) electrons. The summed E-state index contributed by atoms with van der Waals surface area (Å²) in [5, 5.41) is 11.0. The summed E-state index contributed by atoms with van der Waals surface area (Å²) in [6.45, 7) is 1.96. The van der Waals surface area contributed by atoms with Gasteiger partial charge in [0.05, 0.1) is 37.1 Å². The molecule has 4 rings (SSSR count). The van der Waals surface area contributed by atoms with Crippen LogP contribution in [0.1, 0.15) is 38.9 Å². The quantitative estimate of drug-likeness (QED) is 0.284. The molecule has 1 saturated heterocycles. The molecule has 1 aliphatic heterocycles. The van der Waals surface area contributed by atoms with Gasteiger partial charge in [0.1, 0.15) is 11.5 Å². The van der Waals surface area contributed by atoms with Gasteiger partial charge in [0.25, 0.3) is 11.7 Å². The van der Waals surface area contributed by atoms with Crippen LogP contribution in [0.25, 0.3) is 5.76 Å². The van der Waals surface area contributed by atoms with E-state index < -0.39 is 23.7 Å². The molecule has 1 aromatic heterocycles. The highest BCUT2D eigenvalue weighted by Gasteiger charge is 2.46. The lowest BCUT2D eigenvalue weighted by molar-refractivity contribution is -0.140. The first-order valence-corrected chi connectivity index (χ1v) is 9.97. The first kappa shape index (κ1) is 21.1. The van der Waals surface area contributed by atoms with Crippen molar-refractivity contribution >= 4 is 23.4 Å². The summed E-state index contributed by atoms with van der Waals surface area (Å²) in [4.78, 5) is 39.1. The van der Waals surface area contributed by atoms with Gasteiger partial charge in [0.15, 0.2) is 0 Å². The molecule has 1 aliphatic rings. The zero-order valence-electron chi connectivity index (χ0n) is 17.6. The molecule has 32 heavy (non-hydrogen) atoms. The fraction of sp³-hybridized carbons (Fsp3) is 0.160. The van der Waals surface area contributed by atoms with E-state index >= 15 is 0 Å². The van der Waals surface area contributed by atoms with Crippen LogP contribution in [0.2, 0.25) is 0 Å². The van der Waals surface area contributed by atoms with Crippen LogP contribution in [-0.4, -0.2) is 34.8 Å². The normalized spacial score (nSPS) is 17.6. The van der Waals surface area contributed by atoms with E-state index in [0.717, 1.165) is 5.56 Å². The van der Waals surface area contributed by atoms with E-state index in [-0.39, 0.29) is 17.9 Å². The van der Waals surface area contributed by atoms with E-state index in [0.29, 0.717) is 22.5 Å². The minimum atomic E-state index is -0.854. The first-order valence-electron chi connectivity index (χ1n) is 9.97. The zero-order valence-corrected chi connectivity index (χ0v) is 17.6. The van der Waals surface area contributed by atoms with Gasteiger partial charge in [-0.15, -0.1) is 0 Å². The molecule has 2 aromatic carbocycles. The second-order valence-corrected chi connectivity index (χ2v) is 7.49. The maximum atomic E-state index is 13.0. The largest absolute Gasteiger partial charge is 0.507 e. The Balaban J connectivity index is 1.84. The molecule has 0 bridgehead atoms. The van der Waals surface area contributed by atoms with Crippen molar-refractivity contribution in [3.63, 3.8) is 0 Å². The Morgan fingerprint density at radius 3 is 2.28 bits per heavy atom. The number of hydrogen-bond donors (Lipinski definition) is 1. The lowest BCUT2D eigenvalue weighted by Gasteiger charge is -2.24. The number of furan rings is 1.